The number of hydrogen-bond acceptors (Lipinski definition) is 6. The van der Waals surface area contributed by atoms with Crippen LogP contribution in [0.25, 0.3) is 0 Å². The molecule has 0 rings (SSSR count). The van der Waals surface area contributed by atoms with E-state index in [2.05, 4.69) is 35.9 Å². The number of hydrogen-bond donors (Lipinski definition) is 4. The number of carbonyl (C=O) groups is 4. The predicted molar refractivity (Wildman–Crippen MR) is 234 cm³/mol. The van der Waals surface area contributed by atoms with Crippen LogP contribution in [-0.2, 0) is 28.7 Å². The molecule has 336 valence electrons. The molecule has 0 aliphatic rings. The maximum absolute atomic E-state index is 13.1. The summed E-state index contributed by atoms with van der Waals surface area (Å²) >= 11 is 0. The molecule has 0 heterocycles. The van der Waals surface area contributed by atoms with Gasteiger partial charge in [0.05, 0.1) is 19.8 Å². The maximum atomic E-state index is 13.1. The molecule has 57 heavy (non-hydrogen) atoms. The van der Waals surface area contributed by atoms with Crippen molar-refractivity contribution in [3.05, 3.63) is 0 Å². The molecule has 0 saturated carbocycles. The van der Waals surface area contributed by atoms with E-state index in [4.69, 9.17) is 9.47 Å². The summed E-state index contributed by atoms with van der Waals surface area (Å²) in [6.45, 7) is 6.77. The Morgan fingerprint density at radius 3 is 1.42 bits per heavy atom. The summed E-state index contributed by atoms with van der Waals surface area (Å²) in [7, 11) is 0. The number of quaternary nitrogens is 2. The third-order valence-electron chi connectivity index (χ3n) is 11.1. The summed E-state index contributed by atoms with van der Waals surface area (Å²) in [5.74, 6) is -0.971. The first-order valence-electron chi connectivity index (χ1n) is 24.4. The number of esters is 2. The van der Waals surface area contributed by atoms with Gasteiger partial charge in [0, 0.05) is 25.8 Å². The van der Waals surface area contributed by atoms with Crippen LogP contribution in [0.3, 0.4) is 0 Å². The smallest absolute Gasteiger partial charge is 0.328 e. The number of ether oxygens (including phenoxy) is 2. The molecule has 0 aromatic rings. The minimum Gasteiger partial charge on any atom is -0.466 e. The molecule has 0 spiro atoms. The lowest BCUT2D eigenvalue weighted by atomic mass is 10.1. The normalized spacial score (nSPS) is 12.3. The highest BCUT2D eigenvalue weighted by atomic mass is 16.5. The zero-order valence-electron chi connectivity index (χ0n) is 37.6. The summed E-state index contributed by atoms with van der Waals surface area (Å²) in [6, 6.07) is -1.06. The third-order valence-corrected chi connectivity index (χ3v) is 11.1. The van der Waals surface area contributed by atoms with Crippen LogP contribution in [0, 0.1) is 0 Å². The average molecular weight is 811 g/mol. The fourth-order valence-electron chi connectivity index (χ4n) is 7.19. The van der Waals surface area contributed by atoms with Gasteiger partial charge in [0.25, 0.3) is 5.91 Å². The van der Waals surface area contributed by atoms with Crippen LogP contribution in [0.4, 0.5) is 0 Å². The number of carbonyl (C=O) groups excluding carboxylic acids is 4. The predicted octanol–water partition coefficient (Wildman–Crippen LogP) is 9.22. The lowest BCUT2D eigenvalue weighted by molar-refractivity contribution is -0.406. The third kappa shape index (κ3) is 39.1. The summed E-state index contributed by atoms with van der Waals surface area (Å²) in [5.41, 5.74) is 7.81. The molecule has 10 nitrogen and oxygen atoms in total. The quantitative estimate of drug-likeness (QED) is 0.0354. The molecule has 8 N–H and O–H groups in total. The molecular formula is C47H94N4O6+2. The highest BCUT2D eigenvalue weighted by molar-refractivity contribution is 5.85. The van der Waals surface area contributed by atoms with Crippen molar-refractivity contribution >= 4 is 23.8 Å². The van der Waals surface area contributed by atoms with Crippen molar-refractivity contribution < 1.29 is 40.1 Å². The van der Waals surface area contributed by atoms with Gasteiger partial charge in [0.1, 0.15) is 6.04 Å². The Morgan fingerprint density at radius 1 is 0.491 bits per heavy atom. The molecule has 0 aliphatic carbocycles. The van der Waals surface area contributed by atoms with Crippen molar-refractivity contribution in [3.63, 3.8) is 0 Å². The standard InChI is InChI=1S/C47H92N4O6/c1-3-5-7-9-11-13-15-17-19-21-26-32-40-56-45(53)37-36-43(47(55)57-41-33-27-22-20-18-16-14-12-10-8-6-4-2)51-44(52)35-28-24-23-25-31-39-50-46(54)42(49)34-29-30-38-48/h42-43H,3-41,48-49H2,1-2H3,(H,50,54)(H,51,52)/p+2. The molecule has 0 bridgehead atoms. The van der Waals surface area contributed by atoms with Gasteiger partial charge < -0.3 is 31.6 Å². The second-order valence-corrected chi connectivity index (χ2v) is 16.7. The van der Waals surface area contributed by atoms with E-state index in [9.17, 15) is 19.2 Å². The van der Waals surface area contributed by atoms with Crippen LogP contribution in [0.15, 0.2) is 0 Å². The fourth-order valence-corrected chi connectivity index (χ4v) is 7.19. The van der Waals surface area contributed by atoms with Crippen LogP contribution in [0.2, 0.25) is 0 Å². The van der Waals surface area contributed by atoms with Crippen molar-refractivity contribution in [2.75, 3.05) is 26.3 Å². The van der Waals surface area contributed by atoms with Crippen molar-refractivity contribution in [2.24, 2.45) is 0 Å². The number of amides is 2. The summed E-state index contributed by atoms with van der Waals surface area (Å²) < 4.78 is 11.1. The van der Waals surface area contributed by atoms with E-state index in [1.165, 1.54) is 122 Å². The molecule has 0 fully saturated rings. The Labute approximate surface area is 350 Å². The van der Waals surface area contributed by atoms with E-state index in [1.807, 2.05) is 0 Å². The van der Waals surface area contributed by atoms with Crippen molar-refractivity contribution in [3.8, 4) is 0 Å². The molecular weight excluding hydrogens is 717 g/mol. The first kappa shape index (κ1) is 54.8. The molecule has 0 aliphatic heterocycles. The molecule has 0 aromatic heterocycles. The minimum atomic E-state index is -0.854. The number of rotatable bonds is 44. The van der Waals surface area contributed by atoms with E-state index in [-0.39, 0.29) is 36.7 Å². The van der Waals surface area contributed by atoms with E-state index in [1.54, 1.807) is 0 Å². The van der Waals surface area contributed by atoms with Gasteiger partial charge in [0.15, 0.2) is 6.04 Å². The van der Waals surface area contributed by atoms with Gasteiger partial charge in [0.2, 0.25) is 5.91 Å². The van der Waals surface area contributed by atoms with Crippen molar-refractivity contribution in [1.29, 1.82) is 0 Å². The first-order valence-corrected chi connectivity index (χ1v) is 24.4. The molecule has 2 atom stereocenters. The molecule has 2 unspecified atom stereocenters. The Balaban J connectivity index is 4.43. The molecule has 2 amide bonds. The monoisotopic (exact) mass is 811 g/mol. The van der Waals surface area contributed by atoms with E-state index >= 15 is 0 Å². The summed E-state index contributed by atoms with van der Waals surface area (Å²) in [4.78, 5) is 50.7. The molecule has 10 heteroatoms. The second-order valence-electron chi connectivity index (χ2n) is 16.7. The molecule has 0 aromatic carbocycles. The van der Waals surface area contributed by atoms with Crippen molar-refractivity contribution in [1.82, 2.24) is 10.6 Å². The zero-order valence-corrected chi connectivity index (χ0v) is 37.6. The Kier molecular flexibility index (Phi) is 41.7. The van der Waals surface area contributed by atoms with Crippen LogP contribution in [-0.4, -0.2) is 62.1 Å². The van der Waals surface area contributed by atoms with Crippen LogP contribution < -0.4 is 22.1 Å². The van der Waals surface area contributed by atoms with Gasteiger partial charge in [-0.3, -0.25) is 14.4 Å². The van der Waals surface area contributed by atoms with E-state index in [0.29, 0.717) is 32.6 Å². The van der Waals surface area contributed by atoms with Gasteiger partial charge in [-0.1, -0.05) is 174 Å². The zero-order chi connectivity index (χ0) is 41.9. The molecule has 0 radical (unpaired) electrons. The Hall–Kier alpha value is -2.20. The van der Waals surface area contributed by atoms with E-state index in [0.717, 1.165) is 83.6 Å². The average Bonchev–Trinajstić information content (AvgIpc) is 3.20. The minimum absolute atomic E-state index is 0.0192. The fraction of sp³-hybridized carbons (Fsp3) is 0.915. The molecule has 0 saturated heterocycles. The lowest BCUT2D eigenvalue weighted by Crippen LogP contribution is -2.67. The van der Waals surface area contributed by atoms with Crippen LogP contribution in [0.1, 0.15) is 239 Å². The van der Waals surface area contributed by atoms with Gasteiger partial charge in [-0.15, -0.1) is 0 Å². The second kappa shape index (κ2) is 43.4. The topological polar surface area (TPSA) is 166 Å². The van der Waals surface area contributed by atoms with Crippen molar-refractivity contribution in [2.45, 2.75) is 251 Å². The van der Waals surface area contributed by atoms with Gasteiger partial charge in [-0.25, -0.2) is 4.79 Å². The van der Waals surface area contributed by atoms with Gasteiger partial charge in [-0.05, 0) is 44.9 Å². The largest absolute Gasteiger partial charge is 0.466 e. The number of unbranched alkanes of at least 4 members (excludes halogenated alkanes) is 27. The highest BCUT2D eigenvalue weighted by Crippen LogP contribution is 2.14. The van der Waals surface area contributed by atoms with Crippen LogP contribution >= 0.6 is 0 Å². The summed E-state index contributed by atoms with van der Waals surface area (Å²) in [5, 5.41) is 5.85. The first-order chi connectivity index (χ1) is 27.8. The van der Waals surface area contributed by atoms with Gasteiger partial charge in [-0.2, -0.15) is 0 Å². The van der Waals surface area contributed by atoms with Crippen LogP contribution in [0.5, 0.6) is 0 Å². The lowest BCUT2D eigenvalue weighted by Gasteiger charge is -2.18. The Bertz CT molecular complexity index is 936. The van der Waals surface area contributed by atoms with E-state index < -0.39 is 12.0 Å². The maximum Gasteiger partial charge on any atom is 0.328 e. The Morgan fingerprint density at radius 2 is 0.930 bits per heavy atom. The van der Waals surface area contributed by atoms with Gasteiger partial charge >= 0.3 is 11.9 Å². The number of nitrogens with one attached hydrogen (secondary N) is 2. The highest BCUT2D eigenvalue weighted by Gasteiger charge is 2.23. The SMILES string of the molecule is CCCCCCCCCCCCCCOC(=O)CCC(NC(=O)CCCCCCCNC(=O)C([NH3+])CCCC[NH3+])C(=O)OCCCCCCCCCCCCCC. The summed E-state index contributed by atoms with van der Waals surface area (Å²) in [6.07, 6.45) is 37.6.